The van der Waals surface area contributed by atoms with Crippen LogP contribution >= 0.6 is 0 Å². The maximum absolute atomic E-state index is 12.7. The number of methoxy groups -OCH3 is 1. The fraction of sp³-hybridized carbons (Fsp3) is 0.176. The number of carbonyl (C=O) groups is 1. The Balaban J connectivity index is 1.93. The molecule has 4 aromatic rings. The van der Waals surface area contributed by atoms with Crippen LogP contribution in [0, 0.1) is 6.92 Å². The highest BCUT2D eigenvalue weighted by atomic mass is 16.5. The minimum absolute atomic E-state index is 0.212. The van der Waals surface area contributed by atoms with Crippen LogP contribution in [-0.2, 0) is 11.3 Å². The number of fused-ring (bicyclic) bond motifs is 3. The summed E-state index contributed by atoms with van der Waals surface area (Å²) in [6, 6.07) is 5.34. The number of hydrogen-bond acceptors (Lipinski definition) is 6. The highest BCUT2D eigenvalue weighted by Crippen LogP contribution is 2.19. The Bertz CT molecular complexity index is 1160. The zero-order chi connectivity index (χ0) is 17.6. The Kier molecular flexibility index (Phi) is 3.38. The molecular weight excluding hydrogens is 324 g/mol. The molecule has 0 aliphatic carbocycles. The van der Waals surface area contributed by atoms with Crippen LogP contribution < -0.4 is 5.56 Å². The summed E-state index contributed by atoms with van der Waals surface area (Å²) in [7, 11) is 1.31. The van der Waals surface area contributed by atoms with E-state index in [1.165, 1.54) is 22.4 Å². The van der Waals surface area contributed by atoms with E-state index in [1.54, 1.807) is 37.6 Å². The van der Waals surface area contributed by atoms with Crippen LogP contribution in [0.1, 0.15) is 21.8 Å². The van der Waals surface area contributed by atoms with Gasteiger partial charge in [-0.3, -0.25) is 4.79 Å². The molecule has 0 radical (unpaired) electrons. The fourth-order valence-corrected chi connectivity index (χ4v) is 2.85. The van der Waals surface area contributed by atoms with Gasteiger partial charge in [0.1, 0.15) is 11.3 Å². The summed E-state index contributed by atoms with van der Waals surface area (Å²) in [6.07, 6.45) is 4.69. The lowest BCUT2D eigenvalue weighted by Crippen LogP contribution is -2.21. The van der Waals surface area contributed by atoms with Crippen LogP contribution in [0.25, 0.3) is 16.6 Å². The molecule has 0 amide bonds. The van der Waals surface area contributed by atoms with Crippen molar-refractivity contribution in [3.05, 3.63) is 64.2 Å². The second-order valence-electron chi connectivity index (χ2n) is 5.57. The van der Waals surface area contributed by atoms with E-state index in [-0.39, 0.29) is 5.56 Å². The topological polar surface area (TPSA) is 91.6 Å². The highest BCUT2D eigenvalue weighted by molar-refractivity contribution is 5.98. The first-order chi connectivity index (χ1) is 12.1. The van der Waals surface area contributed by atoms with Crippen LogP contribution in [0.5, 0.6) is 0 Å². The average molecular weight is 338 g/mol. The zero-order valence-corrected chi connectivity index (χ0v) is 13.6. The van der Waals surface area contributed by atoms with Crippen LogP contribution in [0.2, 0.25) is 0 Å². The van der Waals surface area contributed by atoms with Gasteiger partial charge in [0.2, 0.25) is 0 Å². The van der Waals surface area contributed by atoms with Crippen molar-refractivity contribution in [2.24, 2.45) is 0 Å². The molecule has 0 fully saturated rings. The molecule has 0 bridgehead atoms. The van der Waals surface area contributed by atoms with Gasteiger partial charge in [0.25, 0.3) is 5.56 Å². The van der Waals surface area contributed by atoms with E-state index in [0.717, 1.165) is 0 Å². The van der Waals surface area contributed by atoms with Crippen molar-refractivity contribution in [2.45, 2.75) is 13.5 Å². The van der Waals surface area contributed by atoms with E-state index in [4.69, 9.17) is 9.15 Å². The van der Waals surface area contributed by atoms with Crippen molar-refractivity contribution in [1.29, 1.82) is 0 Å². The quantitative estimate of drug-likeness (QED) is 0.529. The standard InChI is InChI=1S/C17H14N4O4/c1-10-14(17(23)24-2)15-18-8-12-13(21(15)19-10)5-6-20(16(12)22)9-11-4-3-7-25-11/h3-8H,9H2,1-2H3. The predicted octanol–water partition coefficient (Wildman–Crippen LogP) is 1.78. The summed E-state index contributed by atoms with van der Waals surface area (Å²) in [6.45, 7) is 2.02. The molecule has 0 saturated heterocycles. The summed E-state index contributed by atoms with van der Waals surface area (Å²) >= 11 is 0. The number of esters is 1. The molecule has 126 valence electrons. The van der Waals surface area contributed by atoms with Crippen molar-refractivity contribution < 1.29 is 13.9 Å². The van der Waals surface area contributed by atoms with Crippen LogP contribution in [0.15, 0.2) is 46.1 Å². The molecule has 0 atom stereocenters. The van der Waals surface area contributed by atoms with Crippen molar-refractivity contribution >= 4 is 22.5 Å². The number of rotatable bonds is 3. The maximum Gasteiger partial charge on any atom is 0.343 e. The molecule has 0 aromatic carbocycles. The Morgan fingerprint density at radius 2 is 2.20 bits per heavy atom. The summed E-state index contributed by atoms with van der Waals surface area (Å²) in [4.78, 5) is 28.9. The monoisotopic (exact) mass is 338 g/mol. The van der Waals surface area contributed by atoms with Gasteiger partial charge in [-0.05, 0) is 25.1 Å². The molecule has 0 aliphatic rings. The Morgan fingerprint density at radius 1 is 1.36 bits per heavy atom. The maximum atomic E-state index is 12.7. The van der Waals surface area contributed by atoms with Crippen molar-refractivity contribution in [2.75, 3.05) is 7.11 Å². The zero-order valence-electron chi connectivity index (χ0n) is 13.6. The van der Waals surface area contributed by atoms with Gasteiger partial charge in [-0.15, -0.1) is 0 Å². The first-order valence-corrected chi connectivity index (χ1v) is 7.58. The van der Waals surface area contributed by atoms with Gasteiger partial charge in [-0.1, -0.05) is 0 Å². The van der Waals surface area contributed by atoms with Crippen LogP contribution in [-0.4, -0.2) is 32.2 Å². The van der Waals surface area contributed by atoms with E-state index in [9.17, 15) is 9.59 Å². The number of nitrogens with zero attached hydrogens (tertiary/aromatic N) is 4. The number of carbonyl (C=O) groups excluding carboxylic acids is 1. The van der Waals surface area contributed by atoms with Gasteiger partial charge in [0, 0.05) is 12.4 Å². The third kappa shape index (κ3) is 2.30. The minimum atomic E-state index is -0.509. The smallest absolute Gasteiger partial charge is 0.343 e. The van der Waals surface area contributed by atoms with Gasteiger partial charge in [-0.2, -0.15) is 5.10 Å². The number of hydrogen-bond donors (Lipinski definition) is 0. The molecule has 0 unspecified atom stereocenters. The van der Waals surface area contributed by atoms with Gasteiger partial charge >= 0.3 is 5.97 Å². The highest BCUT2D eigenvalue weighted by Gasteiger charge is 2.20. The number of furan rings is 1. The van der Waals surface area contributed by atoms with Gasteiger partial charge in [-0.25, -0.2) is 14.3 Å². The number of pyridine rings is 1. The van der Waals surface area contributed by atoms with E-state index in [2.05, 4.69) is 10.1 Å². The number of aryl methyl sites for hydroxylation is 1. The first-order valence-electron chi connectivity index (χ1n) is 7.58. The lowest BCUT2D eigenvalue weighted by molar-refractivity contribution is 0.0602. The molecule has 0 spiro atoms. The summed E-state index contributed by atoms with van der Waals surface area (Å²) < 4.78 is 13.1. The first kappa shape index (κ1) is 15.1. The van der Waals surface area contributed by atoms with Gasteiger partial charge in [0.05, 0.1) is 36.5 Å². The molecule has 0 saturated carbocycles. The molecule has 0 N–H and O–H groups in total. The Labute approximate surface area is 141 Å². The fourth-order valence-electron chi connectivity index (χ4n) is 2.85. The normalized spacial score (nSPS) is 11.3. The molecule has 4 rings (SSSR count). The van der Waals surface area contributed by atoms with Gasteiger partial charge in [0.15, 0.2) is 5.65 Å². The van der Waals surface area contributed by atoms with Gasteiger partial charge < -0.3 is 13.7 Å². The van der Waals surface area contributed by atoms with Crippen molar-refractivity contribution in [1.82, 2.24) is 19.2 Å². The molecular formula is C17H14N4O4. The van der Waals surface area contributed by atoms with E-state index in [1.807, 2.05) is 0 Å². The van der Waals surface area contributed by atoms with Crippen LogP contribution in [0.3, 0.4) is 0 Å². The third-order valence-corrected chi connectivity index (χ3v) is 4.06. The minimum Gasteiger partial charge on any atom is -0.467 e. The van der Waals surface area contributed by atoms with Crippen molar-refractivity contribution in [3.63, 3.8) is 0 Å². The Hall–Kier alpha value is -3.42. The second-order valence-corrected chi connectivity index (χ2v) is 5.57. The van der Waals surface area contributed by atoms with Crippen LogP contribution in [0.4, 0.5) is 0 Å². The summed E-state index contributed by atoms with van der Waals surface area (Å²) in [5.41, 5.74) is 1.51. The number of aromatic nitrogens is 4. The van der Waals surface area contributed by atoms with E-state index >= 15 is 0 Å². The third-order valence-electron chi connectivity index (χ3n) is 4.06. The second kappa shape index (κ2) is 5.59. The molecule has 4 aromatic heterocycles. The molecule has 4 heterocycles. The molecule has 25 heavy (non-hydrogen) atoms. The molecule has 8 heteroatoms. The summed E-state index contributed by atoms with van der Waals surface area (Å²) in [5, 5.41) is 4.75. The lowest BCUT2D eigenvalue weighted by atomic mass is 10.2. The largest absolute Gasteiger partial charge is 0.467 e. The predicted molar refractivity (Wildman–Crippen MR) is 88.6 cm³/mol. The molecule has 8 nitrogen and oxygen atoms in total. The molecule has 0 aliphatic heterocycles. The average Bonchev–Trinajstić information content (AvgIpc) is 3.23. The Morgan fingerprint density at radius 3 is 2.92 bits per heavy atom. The lowest BCUT2D eigenvalue weighted by Gasteiger charge is -2.06. The van der Waals surface area contributed by atoms with E-state index < -0.39 is 5.97 Å². The van der Waals surface area contributed by atoms with Crippen molar-refractivity contribution in [3.8, 4) is 0 Å². The SMILES string of the molecule is COC(=O)c1c(C)nn2c1ncc1c(=O)n(Cc3ccco3)ccc12. The van der Waals surface area contributed by atoms with E-state index in [0.29, 0.717) is 40.1 Å². The summed E-state index contributed by atoms with van der Waals surface area (Å²) in [5.74, 6) is 0.170. The number of ether oxygens (including phenoxy) is 1.